The van der Waals surface area contributed by atoms with Crippen molar-refractivity contribution in [1.82, 2.24) is 0 Å². The first-order valence-electron chi connectivity index (χ1n) is 17.6. The summed E-state index contributed by atoms with van der Waals surface area (Å²) in [5, 5.41) is 175. The van der Waals surface area contributed by atoms with Crippen molar-refractivity contribution in [2.45, 2.75) is 154 Å². The lowest BCUT2D eigenvalue weighted by molar-refractivity contribution is -0.386. The van der Waals surface area contributed by atoms with E-state index in [1.165, 1.54) is 0 Å². The number of ether oxygens (including phenoxy) is 9. The Bertz CT molecular complexity index is 1200. The Kier molecular flexibility index (Phi) is 16.1. The fourth-order valence-electron chi connectivity index (χ4n) is 6.93. The Morgan fingerprint density at radius 1 is 0.304 bits per heavy atom. The fourth-order valence-corrected chi connectivity index (χ4v) is 6.93. The van der Waals surface area contributed by atoms with E-state index in [0.29, 0.717) is 0 Å². The Labute approximate surface area is 316 Å². The molecule has 328 valence electrons. The first kappa shape index (κ1) is 46.0. The van der Waals surface area contributed by atoms with Crippen molar-refractivity contribution < 1.29 is 129 Å². The van der Waals surface area contributed by atoms with E-state index < -0.39 is 187 Å². The lowest BCUT2D eigenvalue weighted by Gasteiger charge is -2.48. The summed E-state index contributed by atoms with van der Waals surface area (Å²) in [7, 11) is 0. The van der Waals surface area contributed by atoms with E-state index in [1.54, 1.807) is 0 Å². The van der Waals surface area contributed by atoms with Crippen LogP contribution in [0.25, 0.3) is 0 Å². The van der Waals surface area contributed by atoms with Gasteiger partial charge in [-0.25, -0.2) is 0 Å². The van der Waals surface area contributed by atoms with E-state index in [-0.39, 0.29) is 0 Å². The van der Waals surface area contributed by atoms with Gasteiger partial charge in [-0.1, -0.05) is 0 Å². The zero-order valence-electron chi connectivity index (χ0n) is 29.2. The number of hydrogen-bond donors (Lipinski definition) is 17. The molecule has 0 amide bonds. The average molecular weight is 829 g/mol. The van der Waals surface area contributed by atoms with E-state index in [4.69, 9.17) is 42.6 Å². The van der Waals surface area contributed by atoms with Crippen molar-refractivity contribution >= 4 is 0 Å². The fraction of sp³-hybridized carbons (Fsp3) is 1.00. The molecule has 5 saturated heterocycles. The molecule has 0 aromatic carbocycles. The third-order valence-corrected chi connectivity index (χ3v) is 10.3. The number of aliphatic hydroxyl groups is 17. The topological polar surface area (TPSA) is 427 Å². The van der Waals surface area contributed by atoms with Crippen LogP contribution in [0.2, 0.25) is 0 Å². The minimum atomic E-state index is -2.13. The van der Waals surface area contributed by atoms with E-state index >= 15 is 0 Å². The zero-order valence-corrected chi connectivity index (χ0v) is 29.2. The van der Waals surface area contributed by atoms with Gasteiger partial charge in [0.25, 0.3) is 0 Å². The van der Waals surface area contributed by atoms with Crippen molar-refractivity contribution in [2.24, 2.45) is 0 Å². The molecule has 0 bridgehead atoms. The van der Waals surface area contributed by atoms with Crippen LogP contribution in [0.15, 0.2) is 0 Å². The Hall–Kier alpha value is -1.04. The molecule has 0 spiro atoms. The summed E-state index contributed by atoms with van der Waals surface area (Å²) >= 11 is 0. The van der Waals surface area contributed by atoms with Crippen LogP contribution in [0.1, 0.15) is 0 Å². The predicted octanol–water partition coefficient (Wildman–Crippen LogP) is -11.9. The van der Waals surface area contributed by atoms with Gasteiger partial charge in [0.2, 0.25) is 0 Å². The van der Waals surface area contributed by atoms with Crippen LogP contribution < -0.4 is 0 Å². The molecule has 0 unspecified atom stereocenters. The van der Waals surface area contributed by atoms with Crippen molar-refractivity contribution in [1.29, 1.82) is 0 Å². The van der Waals surface area contributed by atoms with Crippen molar-refractivity contribution in [3.63, 3.8) is 0 Å². The maximum Gasteiger partial charge on any atom is 0.187 e. The van der Waals surface area contributed by atoms with Gasteiger partial charge in [-0.2, -0.15) is 0 Å². The van der Waals surface area contributed by atoms with E-state index in [0.717, 1.165) is 0 Å². The summed E-state index contributed by atoms with van der Waals surface area (Å²) in [4.78, 5) is 0. The van der Waals surface area contributed by atoms with Crippen molar-refractivity contribution in [3.05, 3.63) is 0 Å². The standard InChI is InChI=1S/C30H52O26/c31-1-6-11(35)13(37)19(43)28(50-6)55-24-9(4-34)52-27(21(45)16(24)40)48-5-10-25(56-29-20(44)14(38)12(36)7(2-32)51-29)17(41)22(46)30(53-10)54-23-8(3-33)49-26(47)18(42)15(23)39/h6-47H,1-5H2/t6-,7-,8-,9-,10-,11-,12-,13+,14+,15-,16-,17-,18-,19-,20-,21-,22-,23-,24-,25-,26-,27+,28-,29-,30-/m1/s1. The molecule has 5 aliphatic rings. The van der Waals surface area contributed by atoms with E-state index in [2.05, 4.69) is 0 Å². The summed E-state index contributed by atoms with van der Waals surface area (Å²) in [6, 6.07) is 0. The molecule has 25 atom stereocenters. The highest BCUT2D eigenvalue weighted by Gasteiger charge is 2.55. The molecule has 5 aliphatic heterocycles. The molecule has 0 aliphatic carbocycles. The molecule has 0 saturated carbocycles. The van der Waals surface area contributed by atoms with Crippen LogP contribution in [0.4, 0.5) is 0 Å². The maximum atomic E-state index is 11.3. The number of aliphatic hydroxyl groups excluding tert-OH is 17. The molecule has 26 heteroatoms. The van der Waals surface area contributed by atoms with Crippen LogP contribution in [0.3, 0.4) is 0 Å². The molecular weight excluding hydrogens is 776 g/mol. The molecule has 0 radical (unpaired) electrons. The summed E-state index contributed by atoms with van der Waals surface area (Å²) in [6.07, 6.45) is -46.2. The highest BCUT2D eigenvalue weighted by Crippen LogP contribution is 2.34. The highest BCUT2D eigenvalue weighted by molar-refractivity contribution is 4.98. The normalized spacial score (nSPS) is 53.2. The first-order chi connectivity index (χ1) is 26.5. The minimum Gasteiger partial charge on any atom is -0.394 e. The molecule has 5 fully saturated rings. The molecule has 17 N–H and O–H groups in total. The highest BCUT2D eigenvalue weighted by atomic mass is 16.8. The Morgan fingerprint density at radius 3 is 1.05 bits per heavy atom. The smallest absolute Gasteiger partial charge is 0.187 e. The third-order valence-electron chi connectivity index (χ3n) is 10.3. The van der Waals surface area contributed by atoms with Gasteiger partial charge < -0.3 is 129 Å². The third kappa shape index (κ3) is 9.31. The van der Waals surface area contributed by atoms with Gasteiger partial charge in [0.05, 0.1) is 33.0 Å². The van der Waals surface area contributed by atoms with Crippen LogP contribution in [-0.4, -0.2) is 273 Å². The SMILES string of the molecule is OC[C@H]1O[C@H](O[C@H]2[C@H](O)[C@@H](O)[C@@H](OC[C@H]3O[C@H](O[C@H]4[C@H](O)[C@@H](O)[C@H](O)O[C@@H]4CO)[C@H](O)[C@@H](O)[C@@H]3O[C@H]3O[C@H](CO)[C@@H](O)[C@H](O)[C@H]3O)O[C@@H]2CO)[C@H](O)[C@@H](O)[C@@H]1O. The summed E-state index contributed by atoms with van der Waals surface area (Å²) in [5.41, 5.74) is 0. The summed E-state index contributed by atoms with van der Waals surface area (Å²) < 4.78 is 49.5. The zero-order chi connectivity index (χ0) is 41.3. The molecule has 5 heterocycles. The number of hydrogen-bond acceptors (Lipinski definition) is 26. The second-order valence-electron chi connectivity index (χ2n) is 14.0. The second-order valence-corrected chi connectivity index (χ2v) is 14.0. The Balaban J connectivity index is 1.34. The minimum absolute atomic E-state index is 0.819. The van der Waals surface area contributed by atoms with Crippen molar-refractivity contribution in [2.75, 3.05) is 33.0 Å². The van der Waals surface area contributed by atoms with Crippen LogP contribution >= 0.6 is 0 Å². The quantitative estimate of drug-likeness (QED) is 0.0819. The van der Waals surface area contributed by atoms with Crippen LogP contribution in [0, 0.1) is 0 Å². The van der Waals surface area contributed by atoms with Crippen LogP contribution in [-0.2, 0) is 42.6 Å². The molecular formula is C30H52O26. The first-order valence-corrected chi connectivity index (χ1v) is 17.6. The molecule has 0 aromatic heterocycles. The lowest BCUT2D eigenvalue weighted by Crippen LogP contribution is -2.67. The predicted molar refractivity (Wildman–Crippen MR) is 167 cm³/mol. The van der Waals surface area contributed by atoms with Gasteiger partial charge in [0.1, 0.15) is 122 Å². The monoisotopic (exact) mass is 828 g/mol. The van der Waals surface area contributed by atoms with Gasteiger partial charge >= 0.3 is 0 Å². The lowest BCUT2D eigenvalue weighted by atomic mass is 9.96. The number of rotatable bonds is 13. The van der Waals surface area contributed by atoms with Crippen LogP contribution in [0.5, 0.6) is 0 Å². The largest absolute Gasteiger partial charge is 0.394 e. The van der Waals surface area contributed by atoms with E-state index in [1.807, 2.05) is 0 Å². The summed E-state index contributed by atoms with van der Waals surface area (Å²) in [6.45, 7) is -4.39. The molecule has 56 heavy (non-hydrogen) atoms. The van der Waals surface area contributed by atoms with Gasteiger partial charge in [-0.3, -0.25) is 0 Å². The Morgan fingerprint density at radius 2 is 0.625 bits per heavy atom. The van der Waals surface area contributed by atoms with Gasteiger partial charge in [-0.05, 0) is 0 Å². The van der Waals surface area contributed by atoms with Crippen molar-refractivity contribution in [3.8, 4) is 0 Å². The maximum absolute atomic E-state index is 11.3. The average Bonchev–Trinajstić information content (AvgIpc) is 3.19. The van der Waals surface area contributed by atoms with Gasteiger partial charge in [0.15, 0.2) is 31.5 Å². The summed E-state index contributed by atoms with van der Waals surface area (Å²) in [5.74, 6) is 0. The molecule has 0 aromatic rings. The second kappa shape index (κ2) is 19.6. The van der Waals surface area contributed by atoms with Gasteiger partial charge in [-0.15, -0.1) is 0 Å². The molecule has 5 rings (SSSR count). The van der Waals surface area contributed by atoms with Gasteiger partial charge in [0, 0.05) is 0 Å². The van der Waals surface area contributed by atoms with E-state index in [9.17, 15) is 86.8 Å². The molecule has 26 nitrogen and oxygen atoms in total.